The molecule has 3 nitrogen and oxygen atoms in total. The quantitative estimate of drug-likeness (QED) is 0.838. The van der Waals surface area contributed by atoms with Crippen LogP contribution >= 0.6 is 0 Å². The van der Waals surface area contributed by atoms with Gasteiger partial charge in [0.15, 0.2) is 0 Å². The zero-order valence-corrected chi connectivity index (χ0v) is 14.4. The number of nitrogens with two attached hydrogens (primary N) is 1. The molecule has 0 spiro atoms. The van der Waals surface area contributed by atoms with E-state index in [2.05, 4.69) is 25.7 Å². The molecule has 2 rings (SSSR count). The normalized spacial score (nSPS) is 35.9. The number of likely N-dealkylation sites (tertiary alicyclic amines) is 1. The Bertz CT molecular complexity index is 311. The van der Waals surface area contributed by atoms with E-state index in [9.17, 15) is 5.11 Å². The topological polar surface area (TPSA) is 49.5 Å². The molecule has 1 saturated heterocycles. The number of nitrogens with zero attached hydrogens (tertiary/aromatic N) is 1. The van der Waals surface area contributed by atoms with E-state index in [1.165, 1.54) is 45.1 Å². The third-order valence-electron chi connectivity index (χ3n) is 5.95. The van der Waals surface area contributed by atoms with Crippen molar-refractivity contribution < 1.29 is 5.11 Å². The Morgan fingerprint density at radius 2 is 1.90 bits per heavy atom. The van der Waals surface area contributed by atoms with Crippen LogP contribution in [-0.4, -0.2) is 41.8 Å². The van der Waals surface area contributed by atoms with Gasteiger partial charge in [0.05, 0.1) is 0 Å². The van der Waals surface area contributed by atoms with Gasteiger partial charge in [-0.3, -0.25) is 4.90 Å². The van der Waals surface area contributed by atoms with Crippen LogP contribution in [0.2, 0.25) is 0 Å². The van der Waals surface area contributed by atoms with Crippen LogP contribution < -0.4 is 5.73 Å². The van der Waals surface area contributed by atoms with Gasteiger partial charge >= 0.3 is 0 Å². The highest BCUT2D eigenvalue weighted by Gasteiger charge is 2.36. The molecule has 0 aromatic rings. The average molecular weight is 296 g/mol. The van der Waals surface area contributed by atoms with Crippen molar-refractivity contribution in [3.05, 3.63) is 0 Å². The van der Waals surface area contributed by atoms with Crippen LogP contribution in [0.15, 0.2) is 0 Å². The summed E-state index contributed by atoms with van der Waals surface area (Å²) in [5.41, 5.74) is 6.85. The molecule has 2 fully saturated rings. The fourth-order valence-electron chi connectivity index (χ4n) is 4.36. The molecule has 0 aromatic heterocycles. The first-order valence-electron chi connectivity index (χ1n) is 9.02. The first kappa shape index (κ1) is 17.2. The van der Waals surface area contributed by atoms with Crippen molar-refractivity contribution in [2.45, 2.75) is 77.8 Å². The number of hydrogen-bond acceptors (Lipinski definition) is 3. The minimum atomic E-state index is 0.322. The Balaban J connectivity index is 1.95. The van der Waals surface area contributed by atoms with E-state index >= 15 is 0 Å². The van der Waals surface area contributed by atoms with Crippen molar-refractivity contribution in [1.29, 1.82) is 0 Å². The summed E-state index contributed by atoms with van der Waals surface area (Å²) in [6.07, 6.45) is 8.59. The van der Waals surface area contributed by atoms with Crippen LogP contribution in [0.5, 0.6) is 0 Å². The van der Waals surface area contributed by atoms with Gasteiger partial charge in [0.2, 0.25) is 0 Å². The van der Waals surface area contributed by atoms with Gasteiger partial charge in [-0.2, -0.15) is 0 Å². The molecule has 0 bridgehead atoms. The van der Waals surface area contributed by atoms with E-state index < -0.39 is 0 Å². The monoisotopic (exact) mass is 296 g/mol. The van der Waals surface area contributed by atoms with Crippen LogP contribution in [0, 0.1) is 17.3 Å². The van der Waals surface area contributed by atoms with E-state index in [0.29, 0.717) is 30.0 Å². The average Bonchev–Trinajstić information content (AvgIpc) is 2.42. The Kier molecular flexibility index (Phi) is 6.10. The number of aliphatic hydroxyl groups is 1. The van der Waals surface area contributed by atoms with E-state index in [0.717, 1.165) is 18.9 Å². The molecule has 4 unspecified atom stereocenters. The van der Waals surface area contributed by atoms with Crippen LogP contribution in [0.3, 0.4) is 0 Å². The van der Waals surface area contributed by atoms with Gasteiger partial charge < -0.3 is 10.8 Å². The van der Waals surface area contributed by atoms with Crippen molar-refractivity contribution >= 4 is 0 Å². The first-order chi connectivity index (χ1) is 9.91. The van der Waals surface area contributed by atoms with E-state index in [-0.39, 0.29) is 0 Å². The Labute approximate surface area is 131 Å². The predicted octanol–water partition coefficient (Wildman–Crippen LogP) is 3.01. The summed E-state index contributed by atoms with van der Waals surface area (Å²) >= 11 is 0. The van der Waals surface area contributed by atoms with Crippen LogP contribution in [0.25, 0.3) is 0 Å². The van der Waals surface area contributed by atoms with Crippen molar-refractivity contribution in [3.63, 3.8) is 0 Å². The molecule has 1 heterocycles. The number of aliphatic hydroxyl groups excluding tert-OH is 1. The molecule has 1 aliphatic heterocycles. The minimum Gasteiger partial charge on any atom is -0.396 e. The lowest BCUT2D eigenvalue weighted by Gasteiger charge is -2.44. The standard InChI is InChI=1S/C18H36N2O/c1-18(2,3)15-7-8-17(19)14(12-15)13-20-10-5-4-6-16(20)9-11-21/h14-17,21H,4-13,19H2,1-3H3. The van der Waals surface area contributed by atoms with Gasteiger partial charge in [0.1, 0.15) is 0 Å². The van der Waals surface area contributed by atoms with Gasteiger partial charge in [-0.15, -0.1) is 0 Å². The SMILES string of the molecule is CC(C)(C)C1CCC(N)C(CN2CCCCC2CCO)C1. The van der Waals surface area contributed by atoms with Crippen LogP contribution in [0.4, 0.5) is 0 Å². The highest BCUT2D eigenvalue weighted by molar-refractivity contribution is 4.90. The molecule has 0 aromatic carbocycles. The highest BCUT2D eigenvalue weighted by Crippen LogP contribution is 2.40. The molecule has 2 aliphatic rings. The first-order valence-corrected chi connectivity index (χ1v) is 9.02. The van der Waals surface area contributed by atoms with Gasteiger partial charge in [-0.1, -0.05) is 27.2 Å². The zero-order chi connectivity index (χ0) is 15.5. The van der Waals surface area contributed by atoms with E-state index in [4.69, 9.17) is 5.73 Å². The summed E-state index contributed by atoms with van der Waals surface area (Å²) in [4.78, 5) is 2.63. The molecule has 3 N–H and O–H groups in total. The van der Waals surface area contributed by atoms with Crippen molar-refractivity contribution in [3.8, 4) is 0 Å². The Morgan fingerprint density at radius 3 is 2.57 bits per heavy atom. The highest BCUT2D eigenvalue weighted by atomic mass is 16.3. The predicted molar refractivity (Wildman–Crippen MR) is 89.2 cm³/mol. The molecule has 1 saturated carbocycles. The maximum Gasteiger partial charge on any atom is 0.0445 e. The largest absolute Gasteiger partial charge is 0.396 e. The van der Waals surface area contributed by atoms with Crippen LogP contribution in [0.1, 0.15) is 65.7 Å². The molecule has 124 valence electrons. The third-order valence-corrected chi connectivity index (χ3v) is 5.95. The fraction of sp³-hybridized carbons (Fsp3) is 1.00. The van der Waals surface area contributed by atoms with Crippen molar-refractivity contribution in [2.24, 2.45) is 23.0 Å². The molecule has 21 heavy (non-hydrogen) atoms. The fourth-order valence-corrected chi connectivity index (χ4v) is 4.36. The summed E-state index contributed by atoms with van der Waals surface area (Å²) in [6.45, 7) is 9.80. The molecule has 0 amide bonds. The third kappa shape index (κ3) is 4.67. The lowest BCUT2D eigenvalue weighted by Crippen LogP contribution is -2.49. The number of piperidine rings is 1. The summed E-state index contributed by atoms with van der Waals surface area (Å²) in [5.74, 6) is 1.45. The van der Waals surface area contributed by atoms with E-state index in [1.54, 1.807) is 0 Å². The van der Waals surface area contributed by atoms with Crippen LogP contribution in [-0.2, 0) is 0 Å². The molecule has 3 heteroatoms. The molecular weight excluding hydrogens is 260 g/mol. The maximum atomic E-state index is 9.29. The zero-order valence-electron chi connectivity index (χ0n) is 14.4. The summed E-state index contributed by atoms with van der Waals surface area (Å²) in [6, 6.07) is 0.964. The van der Waals surface area contributed by atoms with Gasteiger partial charge in [-0.25, -0.2) is 0 Å². The van der Waals surface area contributed by atoms with Crippen molar-refractivity contribution in [2.75, 3.05) is 19.7 Å². The lowest BCUT2D eigenvalue weighted by molar-refractivity contribution is 0.0598. The molecule has 0 radical (unpaired) electrons. The summed E-state index contributed by atoms with van der Waals surface area (Å²) in [7, 11) is 0. The Hall–Kier alpha value is -0.120. The molecule has 4 atom stereocenters. The van der Waals surface area contributed by atoms with E-state index in [1.807, 2.05) is 0 Å². The second-order valence-corrected chi connectivity index (χ2v) is 8.46. The second-order valence-electron chi connectivity index (χ2n) is 8.46. The second kappa shape index (κ2) is 7.43. The maximum absolute atomic E-state index is 9.29. The minimum absolute atomic E-state index is 0.322. The number of rotatable bonds is 4. The lowest BCUT2D eigenvalue weighted by atomic mass is 9.67. The van der Waals surface area contributed by atoms with Gasteiger partial charge in [0.25, 0.3) is 0 Å². The molecule has 1 aliphatic carbocycles. The molecular formula is C18H36N2O. The number of hydrogen-bond donors (Lipinski definition) is 2. The smallest absolute Gasteiger partial charge is 0.0445 e. The Morgan fingerprint density at radius 1 is 1.14 bits per heavy atom. The van der Waals surface area contributed by atoms with Crippen molar-refractivity contribution in [1.82, 2.24) is 4.90 Å². The summed E-state index contributed by atoms with van der Waals surface area (Å²) < 4.78 is 0. The summed E-state index contributed by atoms with van der Waals surface area (Å²) in [5, 5.41) is 9.29. The van der Waals surface area contributed by atoms with Gasteiger partial charge in [-0.05, 0) is 62.3 Å². The van der Waals surface area contributed by atoms with Gasteiger partial charge in [0, 0.05) is 25.2 Å².